The van der Waals surface area contributed by atoms with Gasteiger partial charge in [0.25, 0.3) is 0 Å². The highest BCUT2D eigenvalue weighted by atomic mass is 16.5. The molecule has 0 aliphatic rings. The van der Waals surface area contributed by atoms with Gasteiger partial charge in [-0.25, -0.2) is 9.59 Å². The minimum atomic E-state index is -0.471. The number of rotatable bonds is 7. The molecular formula is C19H22N2O4. The Labute approximate surface area is 147 Å². The highest BCUT2D eigenvalue weighted by Crippen LogP contribution is 2.17. The number of amides is 2. The molecule has 0 radical (unpaired) electrons. The fraction of sp³-hybridized carbons (Fsp3) is 0.263. The Hall–Kier alpha value is -3.02. The summed E-state index contributed by atoms with van der Waals surface area (Å²) < 4.78 is 10.6. The Kier molecular flexibility index (Phi) is 6.83. The summed E-state index contributed by atoms with van der Waals surface area (Å²) in [6.07, 6.45) is 0. The summed E-state index contributed by atoms with van der Waals surface area (Å²) >= 11 is 0. The summed E-state index contributed by atoms with van der Waals surface area (Å²) in [5, 5.41) is 5.35. The number of para-hydroxylation sites is 2. The Morgan fingerprint density at radius 1 is 1.04 bits per heavy atom. The normalized spacial score (nSPS) is 10.0. The van der Waals surface area contributed by atoms with Crippen LogP contribution in [0.25, 0.3) is 0 Å². The molecule has 2 rings (SSSR count). The lowest BCUT2D eigenvalue weighted by Crippen LogP contribution is -2.32. The van der Waals surface area contributed by atoms with Crippen molar-refractivity contribution < 1.29 is 19.1 Å². The van der Waals surface area contributed by atoms with E-state index in [-0.39, 0.29) is 6.61 Å². The molecule has 2 aromatic carbocycles. The van der Waals surface area contributed by atoms with Crippen LogP contribution in [0.3, 0.4) is 0 Å². The topological polar surface area (TPSA) is 76.7 Å². The van der Waals surface area contributed by atoms with Gasteiger partial charge in [-0.05, 0) is 37.6 Å². The zero-order valence-electron chi connectivity index (χ0n) is 14.4. The van der Waals surface area contributed by atoms with Crippen LogP contribution in [-0.2, 0) is 4.74 Å². The molecular weight excluding hydrogens is 320 g/mol. The molecule has 0 saturated carbocycles. The largest absolute Gasteiger partial charge is 0.491 e. The van der Waals surface area contributed by atoms with Crippen molar-refractivity contribution in [1.82, 2.24) is 5.32 Å². The molecule has 2 N–H and O–H groups in total. The minimum absolute atomic E-state index is 0.273. The maximum Gasteiger partial charge on any atom is 0.340 e. The SMILES string of the molecule is CCOC(=O)c1ccccc1NC(=O)NCCOc1ccccc1C. The molecule has 0 heterocycles. The Morgan fingerprint density at radius 3 is 2.52 bits per heavy atom. The first-order chi connectivity index (χ1) is 12.1. The second kappa shape index (κ2) is 9.32. The van der Waals surface area contributed by atoms with E-state index < -0.39 is 12.0 Å². The van der Waals surface area contributed by atoms with E-state index in [1.807, 2.05) is 31.2 Å². The van der Waals surface area contributed by atoms with Gasteiger partial charge in [-0.15, -0.1) is 0 Å². The van der Waals surface area contributed by atoms with Crippen molar-refractivity contribution in [1.29, 1.82) is 0 Å². The molecule has 0 saturated heterocycles. The first-order valence-corrected chi connectivity index (χ1v) is 8.11. The van der Waals surface area contributed by atoms with Crippen LogP contribution in [-0.4, -0.2) is 31.8 Å². The summed E-state index contributed by atoms with van der Waals surface area (Å²) in [4.78, 5) is 23.9. The number of hydrogen-bond donors (Lipinski definition) is 2. The summed E-state index contributed by atoms with van der Waals surface area (Å²) in [5.74, 6) is 0.318. The maximum absolute atomic E-state index is 12.0. The van der Waals surface area contributed by atoms with Gasteiger partial charge in [0.2, 0.25) is 0 Å². The molecule has 6 heteroatoms. The van der Waals surface area contributed by atoms with Crippen molar-refractivity contribution in [3.8, 4) is 5.75 Å². The van der Waals surface area contributed by atoms with Crippen LogP contribution in [0.5, 0.6) is 5.75 Å². The predicted molar refractivity (Wildman–Crippen MR) is 96.1 cm³/mol. The monoisotopic (exact) mass is 342 g/mol. The van der Waals surface area contributed by atoms with Gasteiger partial charge in [0.05, 0.1) is 24.4 Å². The molecule has 6 nitrogen and oxygen atoms in total. The van der Waals surface area contributed by atoms with Crippen molar-refractivity contribution in [2.75, 3.05) is 25.1 Å². The van der Waals surface area contributed by atoms with Crippen LogP contribution >= 0.6 is 0 Å². The molecule has 0 bridgehead atoms. The maximum atomic E-state index is 12.0. The number of anilines is 1. The molecule has 0 unspecified atom stereocenters. The fourth-order valence-electron chi connectivity index (χ4n) is 2.19. The number of carbonyl (C=O) groups is 2. The third-order valence-corrected chi connectivity index (χ3v) is 3.41. The van der Waals surface area contributed by atoms with Crippen molar-refractivity contribution in [2.45, 2.75) is 13.8 Å². The van der Waals surface area contributed by atoms with Gasteiger partial charge in [0, 0.05) is 0 Å². The molecule has 132 valence electrons. The van der Waals surface area contributed by atoms with Crippen LogP contribution in [0, 0.1) is 6.92 Å². The third-order valence-electron chi connectivity index (χ3n) is 3.41. The van der Waals surface area contributed by atoms with Crippen LogP contribution in [0.2, 0.25) is 0 Å². The van der Waals surface area contributed by atoms with Crippen molar-refractivity contribution in [2.24, 2.45) is 0 Å². The van der Waals surface area contributed by atoms with E-state index in [9.17, 15) is 9.59 Å². The van der Waals surface area contributed by atoms with E-state index >= 15 is 0 Å². The second-order valence-corrected chi connectivity index (χ2v) is 5.26. The van der Waals surface area contributed by atoms with E-state index in [0.29, 0.717) is 24.4 Å². The quantitative estimate of drug-likeness (QED) is 0.597. The van der Waals surface area contributed by atoms with Gasteiger partial charge >= 0.3 is 12.0 Å². The Morgan fingerprint density at radius 2 is 1.76 bits per heavy atom. The van der Waals surface area contributed by atoms with Gasteiger partial charge in [-0.1, -0.05) is 30.3 Å². The van der Waals surface area contributed by atoms with Gasteiger partial charge in [-0.2, -0.15) is 0 Å². The molecule has 0 fully saturated rings. The zero-order valence-corrected chi connectivity index (χ0v) is 14.4. The lowest BCUT2D eigenvalue weighted by Gasteiger charge is -2.12. The number of carbonyl (C=O) groups excluding carboxylic acids is 2. The molecule has 2 aromatic rings. The lowest BCUT2D eigenvalue weighted by molar-refractivity contribution is 0.0527. The zero-order chi connectivity index (χ0) is 18.1. The van der Waals surface area contributed by atoms with E-state index in [0.717, 1.165) is 11.3 Å². The van der Waals surface area contributed by atoms with Gasteiger partial charge < -0.3 is 20.1 Å². The highest BCUT2D eigenvalue weighted by Gasteiger charge is 2.13. The number of esters is 1. The minimum Gasteiger partial charge on any atom is -0.491 e. The summed E-state index contributed by atoms with van der Waals surface area (Å²) in [6.45, 7) is 4.64. The van der Waals surface area contributed by atoms with E-state index in [1.165, 1.54) is 0 Å². The molecule has 0 aromatic heterocycles. The van der Waals surface area contributed by atoms with Crippen molar-refractivity contribution in [3.05, 3.63) is 59.7 Å². The summed E-state index contributed by atoms with van der Waals surface area (Å²) in [6, 6.07) is 14.0. The summed E-state index contributed by atoms with van der Waals surface area (Å²) in [5.41, 5.74) is 1.75. The average Bonchev–Trinajstić information content (AvgIpc) is 2.61. The average molecular weight is 342 g/mol. The molecule has 0 aliphatic heterocycles. The van der Waals surface area contributed by atoms with Gasteiger partial charge in [-0.3, -0.25) is 0 Å². The number of hydrogen-bond acceptors (Lipinski definition) is 4. The number of aryl methyl sites for hydroxylation is 1. The standard InChI is InChI=1S/C19H22N2O4/c1-3-24-18(22)15-9-5-6-10-16(15)21-19(23)20-12-13-25-17-11-7-4-8-14(17)2/h4-11H,3,12-13H2,1-2H3,(H2,20,21,23). The van der Waals surface area contributed by atoms with Crippen LogP contribution in [0.1, 0.15) is 22.8 Å². The molecule has 0 atom stereocenters. The molecule has 0 spiro atoms. The Balaban J connectivity index is 1.83. The van der Waals surface area contributed by atoms with Crippen LogP contribution in [0.15, 0.2) is 48.5 Å². The summed E-state index contributed by atoms with van der Waals surface area (Å²) in [7, 11) is 0. The van der Waals surface area contributed by atoms with Crippen molar-refractivity contribution in [3.63, 3.8) is 0 Å². The number of urea groups is 1. The predicted octanol–water partition coefficient (Wildman–Crippen LogP) is 3.37. The second-order valence-electron chi connectivity index (χ2n) is 5.26. The number of benzene rings is 2. The Bertz CT molecular complexity index is 731. The van der Waals surface area contributed by atoms with Gasteiger partial charge in [0.1, 0.15) is 12.4 Å². The van der Waals surface area contributed by atoms with Gasteiger partial charge in [0.15, 0.2) is 0 Å². The molecule has 2 amide bonds. The number of nitrogens with one attached hydrogen (secondary N) is 2. The molecule has 25 heavy (non-hydrogen) atoms. The first-order valence-electron chi connectivity index (χ1n) is 8.11. The van der Waals surface area contributed by atoms with E-state index in [4.69, 9.17) is 9.47 Å². The highest BCUT2D eigenvalue weighted by molar-refractivity contribution is 6.00. The lowest BCUT2D eigenvalue weighted by atomic mass is 10.2. The van der Waals surface area contributed by atoms with Crippen molar-refractivity contribution >= 4 is 17.7 Å². The van der Waals surface area contributed by atoms with E-state index in [1.54, 1.807) is 31.2 Å². The first kappa shape index (κ1) is 18.3. The van der Waals surface area contributed by atoms with Crippen LogP contribution in [0.4, 0.5) is 10.5 Å². The number of ether oxygens (including phenoxy) is 2. The fourth-order valence-corrected chi connectivity index (χ4v) is 2.19. The van der Waals surface area contributed by atoms with Crippen LogP contribution < -0.4 is 15.4 Å². The van der Waals surface area contributed by atoms with E-state index in [2.05, 4.69) is 10.6 Å². The molecule has 0 aliphatic carbocycles. The smallest absolute Gasteiger partial charge is 0.340 e. The third kappa shape index (κ3) is 5.53.